The molecule has 1 saturated carbocycles. The number of hydrogen-bond donors (Lipinski definition) is 0. The lowest BCUT2D eigenvalue weighted by Gasteiger charge is -2.39. The molecule has 1 fully saturated rings. The van der Waals surface area contributed by atoms with Crippen LogP contribution in [0.4, 0.5) is 0 Å². The van der Waals surface area contributed by atoms with E-state index >= 15 is 0 Å². The molecule has 1 aliphatic carbocycles. The number of hydrogen-bond acceptors (Lipinski definition) is 1. The van der Waals surface area contributed by atoms with Crippen molar-refractivity contribution < 1.29 is 4.43 Å². The van der Waals surface area contributed by atoms with Crippen LogP contribution in [0.2, 0.25) is 18.1 Å². The van der Waals surface area contributed by atoms with E-state index in [-0.39, 0.29) is 0 Å². The van der Waals surface area contributed by atoms with Gasteiger partial charge < -0.3 is 4.43 Å². The summed E-state index contributed by atoms with van der Waals surface area (Å²) in [6.45, 7) is 14.1. The Hall–Kier alpha value is -0.0831. The van der Waals surface area contributed by atoms with E-state index in [0.29, 0.717) is 11.1 Å². The van der Waals surface area contributed by atoms with Crippen molar-refractivity contribution in [3.8, 4) is 0 Å². The lowest BCUT2D eigenvalue weighted by Crippen LogP contribution is -2.43. The molecule has 0 heterocycles. The van der Waals surface area contributed by atoms with E-state index < -0.39 is 8.32 Å². The minimum absolute atomic E-state index is 0.300. The second-order valence-electron chi connectivity index (χ2n) is 8.70. The summed E-state index contributed by atoms with van der Waals surface area (Å²) >= 11 is 0. The van der Waals surface area contributed by atoms with Gasteiger partial charge in [0.15, 0.2) is 8.32 Å². The summed E-state index contributed by atoms with van der Waals surface area (Å²) in [5.41, 5.74) is 0. The molecule has 0 saturated heterocycles. The maximum atomic E-state index is 6.69. The average Bonchev–Trinajstić information content (AvgIpc) is 2.44. The number of rotatable bonds is 8. The van der Waals surface area contributed by atoms with E-state index in [1.165, 1.54) is 57.8 Å². The molecule has 1 aliphatic rings. The zero-order chi connectivity index (χ0) is 16.6. The Morgan fingerprint density at radius 2 is 1.73 bits per heavy atom. The summed E-state index contributed by atoms with van der Waals surface area (Å²) in [6, 6.07) is 0. The zero-order valence-corrected chi connectivity index (χ0v) is 17.1. The van der Waals surface area contributed by atoms with Crippen LogP contribution < -0.4 is 0 Å². The van der Waals surface area contributed by atoms with Crippen molar-refractivity contribution in [2.75, 3.05) is 0 Å². The SMILES string of the molecule is CCCCCC(/C=C/C1CCCCC1)O[Si](C)(C)C(C)(C)C. The molecular weight excluding hydrogens is 284 g/mol. The van der Waals surface area contributed by atoms with Crippen LogP contribution in [0.5, 0.6) is 0 Å². The van der Waals surface area contributed by atoms with Crippen LogP contribution in [0.25, 0.3) is 0 Å². The average molecular weight is 325 g/mol. The molecule has 2 heteroatoms. The molecule has 130 valence electrons. The van der Waals surface area contributed by atoms with E-state index in [9.17, 15) is 0 Å². The summed E-state index contributed by atoms with van der Waals surface area (Å²) in [7, 11) is -1.67. The van der Waals surface area contributed by atoms with Gasteiger partial charge in [-0.05, 0) is 43.3 Å². The van der Waals surface area contributed by atoms with E-state index in [4.69, 9.17) is 4.43 Å². The first-order valence-corrected chi connectivity index (χ1v) is 12.5. The molecule has 1 nitrogen and oxygen atoms in total. The van der Waals surface area contributed by atoms with Gasteiger partial charge in [0.05, 0.1) is 6.10 Å². The molecule has 0 aromatic rings. The summed E-state index contributed by atoms with van der Waals surface area (Å²) < 4.78 is 6.69. The maximum absolute atomic E-state index is 6.69. The van der Waals surface area contributed by atoms with Crippen molar-refractivity contribution in [3.63, 3.8) is 0 Å². The Morgan fingerprint density at radius 3 is 2.27 bits per heavy atom. The predicted molar refractivity (Wildman–Crippen MR) is 102 cm³/mol. The fraction of sp³-hybridized carbons (Fsp3) is 0.900. The summed E-state index contributed by atoms with van der Waals surface area (Å²) in [5.74, 6) is 0.811. The minimum atomic E-state index is -1.67. The maximum Gasteiger partial charge on any atom is 0.192 e. The van der Waals surface area contributed by atoms with E-state index in [1.54, 1.807) is 0 Å². The zero-order valence-electron chi connectivity index (χ0n) is 16.1. The lowest BCUT2D eigenvalue weighted by molar-refractivity contribution is 0.210. The van der Waals surface area contributed by atoms with Crippen LogP contribution in [0, 0.1) is 5.92 Å². The van der Waals surface area contributed by atoms with Crippen molar-refractivity contribution in [1.29, 1.82) is 0 Å². The van der Waals surface area contributed by atoms with E-state index in [2.05, 4.69) is 52.9 Å². The molecule has 1 atom stereocenters. The van der Waals surface area contributed by atoms with Crippen molar-refractivity contribution in [2.24, 2.45) is 5.92 Å². The van der Waals surface area contributed by atoms with Crippen molar-refractivity contribution in [1.82, 2.24) is 0 Å². The van der Waals surface area contributed by atoms with Crippen molar-refractivity contribution >= 4 is 8.32 Å². The van der Waals surface area contributed by atoms with Gasteiger partial charge in [0.1, 0.15) is 0 Å². The van der Waals surface area contributed by atoms with Gasteiger partial charge in [-0.2, -0.15) is 0 Å². The monoisotopic (exact) mass is 324 g/mol. The van der Waals surface area contributed by atoms with Crippen LogP contribution >= 0.6 is 0 Å². The second kappa shape index (κ2) is 9.27. The fourth-order valence-corrected chi connectivity index (χ4v) is 4.26. The van der Waals surface area contributed by atoms with Crippen molar-refractivity contribution in [2.45, 2.75) is 110 Å². The highest BCUT2D eigenvalue weighted by Crippen LogP contribution is 2.38. The van der Waals surface area contributed by atoms with Gasteiger partial charge in [-0.3, -0.25) is 0 Å². The highest BCUT2D eigenvalue weighted by Gasteiger charge is 2.38. The van der Waals surface area contributed by atoms with Crippen LogP contribution in [0.15, 0.2) is 12.2 Å². The summed E-state index contributed by atoms with van der Waals surface area (Å²) in [6.07, 6.45) is 17.4. The molecule has 1 unspecified atom stereocenters. The Balaban J connectivity index is 2.63. The van der Waals surface area contributed by atoms with E-state index in [1.807, 2.05) is 0 Å². The van der Waals surface area contributed by atoms with Crippen molar-refractivity contribution in [3.05, 3.63) is 12.2 Å². The second-order valence-corrected chi connectivity index (χ2v) is 13.5. The van der Waals surface area contributed by atoms with Gasteiger partial charge in [0, 0.05) is 0 Å². The van der Waals surface area contributed by atoms with E-state index in [0.717, 1.165) is 5.92 Å². The Kier molecular flexibility index (Phi) is 8.41. The topological polar surface area (TPSA) is 9.23 Å². The highest BCUT2D eigenvalue weighted by atomic mass is 28.4. The third-order valence-corrected chi connectivity index (χ3v) is 10.1. The van der Waals surface area contributed by atoms with Gasteiger partial charge in [0.2, 0.25) is 0 Å². The van der Waals surface area contributed by atoms with Crippen LogP contribution in [-0.2, 0) is 4.43 Å². The van der Waals surface area contributed by atoms with Crippen LogP contribution in [0.1, 0.15) is 85.5 Å². The summed E-state index contributed by atoms with van der Waals surface area (Å²) in [5, 5.41) is 0.300. The molecule has 0 N–H and O–H groups in total. The number of unbranched alkanes of at least 4 members (excludes halogenated alkanes) is 2. The summed E-state index contributed by atoms with van der Waals surface area (Å²) in [4.78, 5) is 0. The van der Waals surface area contributed by atoms with Gasteiger partial charge in [0.25, 0.3) is 0 Å². The van der Waals surface area contributed by atoms with Crippen LogP contribution in [-0.4, -0.2) is 14.4 Å². The highest BCUT2D eigenvalue weighted by molar-refractivity contribution is 6.74. The molecule has 0 spiro atoms. The quantitative estimate of drug-likeness (QED) is 0.263. The first-order chi connectivity index (χ1) is 10.3. The Labute approximate surface area is 141 Å². The molecule has 0 radical (unpaired) electrons. The fourth-order valence-electron chi connectivity index (χ4n) is 2.95. The predicted octanol–water partition coefficient (Wildman–Crippen LogP) is 7.09. The third kappa shape index (κ3) is 7.00. The molecule has 22 heavy (non-hydrogen) atoms. The molecule has 1 rings (SSSR count). The molecule has 0 amide bonds. The lowest BCUT2D eigenvalue weighted by atomic mass is 9.89. The van der Waals surface area contributed by atoms with Gasteiger partial charge in [-0.15, -0.1) is 0 Å². The Bertz CT molecular complexity index is 321. The normalized spacial score (nSPS) is 19.7. The van der Waals surface area contributed by atoms with Gasteiger partial charge in [-0.1, -0.05) is 78.4 Å². The van der Waals surface area contributed by atoms with Crippen LogP contribution in [0.3, 0.4) is 0 Å². The third-order valence-electron chi connectivity index (χ3n) is 5.59. The van der Waals surface area contributed by atoms with Gasteiger partial charge >= 0.3 is 0 Å². The van der Waals surface area contributed by atoms with Gasteiger partial charge in [-0.25, -0.2) is 0 Å². The standard InChI is InChI=1S/C20H40OSi/c1-7-8-10-15-19(21-22(5,6)20(2,3)4)17-16-18-13-11-9-12-14-18/h16-19H,7-15H2,1-6H3/b17-16+. The molecular formula is C20H40OSi. The molecule has 0 aliphatic heterocycles. The largest absolute Gasteiger partial charge is 0.411 e. The smallest absolute Gasteiger partial charge is 0.192 e. The number of allylic oxidation sites excluding steroid dienone is 1. The first-order valence-electron chi connectivity index (χ1n) is 9.62. The molecule has 0 aromatic heterocycles. The molecule has 0 bridgehead atoms. The Morgan fingerprint density at radius 1 is 1.09 bits per heavy atom. The first kappa shape index (κ1) is 20.0. The minimum Gasteiger partial charge on any atom is -0.411 e. The molecule has 0 aromatic carbocycles.